The van der Waals surface area contributed by atoms with Gasteiger partial charge < -0.3 is 15.1 Å². The van der Waals surface area contributed by atoms with Crippen LogP contribution < -0.4 is 15.1 Å². The predicted octanol–water partition coefficient (Wildman–Crippen LogP) is 6.05. The third kappa shape index (κ3) is 4.21. The smallest absolute Gasteiger partial charge is 0.258 e. The Kier molecular flexibility index (Phi) is 5.82. The molecule has 1 aromatic carbocycles. The Morgan fingerprint density at radius 2 is 1.70 bits per heavy atom. The van der Waals surface area contributed by atoms with Gasteiger partial charge in [0.2, 0.25) is 11.8 Å². The van der Waals surface area contributed by atoms with Crippen LogP contribution in [0.25, 0.3) is 0 Å². The van der Waals surface area contributed by atoms with Gasteiger partial charge in [0.05, 0.1) is 28.0 Å². The first-order chi connectivity index (χ1) is 17.5. The molecule has 4 aliphatic rings. The molecule has 6 nitrogen and oxygen atoms in total. The molecular formula is C28H31F2IN4O2. The van der Waals surface area contributed by atoms with Crippen molar-refractivity contribution >= 4 is 51.6 Å². The fraction of sp³-hybridized carbons (Fsp3) is 0.536. The predicted molar refractivity (Wildman–Crippen MR) is 148 cm³/mol. The van der Waals surface area contributed by atoms with E-state index < -0.39 is 11.3 Å². The van der Waals surface area contributed by atoms with Gasteiger partial charge in [0, 0.05) is 36.5 Å². The summed E-state index contributed by atoms with van der Waals surface area (Å²) >= 11 is 2.28. The molecule has 2 amide bonds. The van der Waals surface area contributed by atoms with E-state index in [1.54, 1.807) is 18.0 Å². The van der Waals surface area contributed by atoms with E-state index in [-0.39, 0.29) is 37.5 Å². The van der Waals surface area contributed by atoms with E-state index >= 15 is 0 Å². The number of hydrogen-bond acceptors (Lipinski definition) is 4. The van der Waals surface area contributed by atoms with Crippen LogP contribution in [0.5, 0.6) is 0 Å². The number of aromatic nitrogens is 1. The van der Waals surface area contributed by atoms with E-state index in [0.29, 0.717) is 28.2 Å². The first-order valence-corrected chi connectivity index (χ1v) is 14.1. The Bertz CT molecular complexity index is 1290. The molecule has 9 heteroatoms. The second kappa shape index (κ2) is 8.61. The second-order valence-corrected chi connectivity index (χ2v) is 12.7. The Hall–Kier alpha value is -2.30. The molecule has 1 aromatic heterocycles. The molecule has 2 saturated carbocycles. The Balaban J connectivity index is 1.30. The average Bonchev–Trinajstić information content (AvgIpc) is 3.58. The van der Waals surface area contributed by atoms with Gasteiger partial charge in [-0.05, 0) is 103 Å². The molecule has 0 radical (unpaired) electrons. The van der Waals surface area contributed by atoms with Crippen molar-refractivity contribution in [2.45, 2.75) is 69.6 Å². The third-order valence-electron chi connectivity index (χ3n) is 9.09. The number of fused-ring (bicyclic) bond motifs is 2. The first-order valence-electron chi connectivity index (χ1n) is 13.1. The van der Waals surface area contributed by atoms with Crippen molar-refractivity contribution in [2.75, 3.05) is 35.3 Å². The van der Waals surface area contributed by atoms with Crippen LogP contribution in [0.2, 0.25) is 0 Å². The molecule has 0 bridgehead atoms. The number of aryl methyl sites for hydroxylation is 1. The van der Waals surface area contributed by atoms with Crippen LogP contribution in [-0.2, 0) is 10.2 Å². The quantitative estimate of drug-likeness (QED) is 0.425. The number of likely N-dealkylation sites (N-methyl/N-ethyl adjacent to an activating group) is 1. The lowest BCUT2D eigenvalue weighted by molar-refractivity contribution is -0.128. The summed E-state index contributed by atoms with van der Waals surface area (Å²) in [5.74, 6) is -2.86. The zero-order chi connectivity index (χ0) is 26.2. The summed E-state index contributed by atoms with van der Waals surface area (Å²) in [4.78, 5) is 35.5. The van der Waals surface area contributed by atoms with Crippen LogP contribution in [0.15, 0.2) is 24.3 Å². The summed E-state index contributed by atoms with van der Waals surface area (Å²) in [6.07, 6.45) is 4.39. The van der Waals surface area contributed by atoms with Gasteiger partial charge in [0.25, 0.3) is 5.91 Å². The minimum Gasteiger partial charge on any atom is -0.371 e. The van der Waals surface area contributed by atoms with Gasteiger partial charge in [-0.2, -0.15) is 0 Å². The maximum atomic E-state index is 14.0. The number of anilines is 3. The number of rotatable bonds is 3. The molecule has 3 fully saturated rings. The lowest BCUT2D eigenvalue weighted by Crippen LogP contribution is -2.44. The Morgan fingerprint density at radius 1 is 1.03 bits per heavy atom. The summed E-state index contributed by atoms with van der Waals surface area (Å²) < 4.78 is 29.1. The number of alkyl halides is 2. The van der Waals surface area contributed by atoms with Crippen molar-refractivity contribution in [3.63, 3.8) is 0 Å². The number of pyridine rings is 1. The van der Waals surface area contributed by atoms with Crippen LogP contribution >= 0.6 is 22.6 Å². The summed E-state index contributed by atoms with van der Waals surface area (Å²) in [6, 6.07) is 7.61. The number of nitrogens with one attached hydrogen (secondary N) is 1. The maximum absolute atomic E-state index is 14.0. The maximum Gasteiger partial charge on any atom is 0.258 e. The highest BCUT2D eigenvalue weighted by molar-refractivity contribution is 14.1. The molecule has 2 aliphatic heterocycles. The highest BCUT2D eigenvalue weighted by atomic mass is 127. The van der Waals surface area contributed by atoms with Crippen LogP contribution in [0.1, 0.15) is 73.0 Å². The highest BCUT2D eigenvalue weighted by Crippen LogP contribution is 2.54. The third-order valence-corrected chi connectivity index (χ3v) is 9.76. The summed E-state index contributed by atoms with van der Waals surface area (Å²) in [5.41, 5.74) is 2.98. The topological polar surface area (TPSA) is 65.5 Å². The fourth-order valence-electron chi connectivity index (χ4n) is 6.54. The van der Waals surface area contributed by atoms with E-state index in [0.717, 1.165) is 40.8 Å². The Labute approximate surface area is 229 Å². The van der Waals surface area contributed by atoms with Crippen molar-refractivity contribution in [1.29, 1.82) is 0 Å². The summed E-state index contributed by atoms with van der Waals surface area (Å²) in [6.45, 7) is 3.75. The molecule has 2 aromatic rings. The van der Waals surface area contributed by atoms with E-state index in [1.807, 2.05) is 19.1 Å². The SMILES string of the molecule is Cc1cc(NC(=O)c2ccc(I)cc2N2CCC3(CC2)CC3)nc2c1N(C)C(=O)C21CCC(F)(F)CC1. The number of halogens is 3. The lowest BCUT2D eigenvalue weighted by Gasteiger charge is -2.35. The van der Waals surface area contributed by atoms with Gasteiger partial charge in [0.15, 0.2) is 0 Å². The van der Waals surface area contributed by atoms with Gasteiger partial charge >= 0.3 is 0 Å². The van der Waals surface area contributed by atoms with Gasteiger partial charge in [0.1, 0.15) is 5.82 Å². The van der Waals surface area contributed by atoms with E-state index in [1.165, 1.54) is 12.8 Å². The van der Waals surface area contributed by atoms with Gasteiger partial charge in [-0.15, -0.1) is 0 Å². The van der Waals surface area contributed by atoms with E-state index in [9.17, 15) is 18.4 Å². The van der Waals surface area contributed by atoms with Crippen molar-refractivity contribution in [3.05, 3.63) is 44.7 Å². The molecular weight excluding hydrogens is 589 g/mol. The normalized spacial score (nSPS) is 22.9. The van der Waals surface area contributed by atoms with Crippen LogP contribution in [0.3, 0.4) is 0 Å². The molecule has 2 aliphatic carbocycles. The minimum atomic E-state index is -2.76. The average molecular weight is 620 g/mol. The van der Waals surface area contributed by atoms with E-state index in [2.05, 4.69) is 38.9 Å². The van der Waals surface area contributed by atoms with Crippen molar-refractivity contribution in [3.8, 4) is 0 Å². The largest absolute Gasteiger partial charge is 0.371 e. The van der Waals surface area contributed by atoms with Gasteiger partial charge in [-0.25, -0.2) is 13.8 Å². The zero-order valence-electron chi connectivity index (χ0n) is 21.2. The number of nitrogens with zero attached hydrogens (tertiary/aromatic N) is 3. The highest BCUT2D eigenvalue weighted by Gasteiger charge is 2.56. The number of piperidine rings is 1. The van der Waals surface area contributed by atoms with Crippen molar-refractivity contribution in [1.82, 2.24) is 4.98 Å². The molecule has 1 saturated heterocycles. The van der Waals surface area contributed by atoms with Crippen molar-refractivity contribution in [2.24, 2.45) is 5.41 Å². The molecule has 6 rings (SSSR count). The zero-order valence-corrected chi connectivity index (χ0v) is 23.3. The van der Waals surface area contributed by atoms with Gasteiger partial charge in [-0.3, -0.25) is 9.59 Å². The molecule has 196 valence electrons. The minimum absolute atomic E-state index is 0.0533. The molecule has 1 N–H and O–H groups in total. The second-order valence-electron chi connectivity index (χ2n) is 11.4. The monoisotopic (exact) mass is 620 g/mol. The number of carbonyl (C=O) groups is 2. The number of amides is 2. The number of hydrogen-bond donors (Lipinski definition) is 1. The number of carbonyl (C=O) groups excluding carboxylic acids is 2. The molecule has 37 heavy (non-hydrogen) atoms. The molecule has 0 unspecified atom stereocenters. The summed E-state index contributed by atoms with van der Waals surface area (Å²) in [5, 5.41) is 2.97. The molecule has 2 spiro atoms. The molecule has 3 heterocycles. The van der Waals surface area contributed by atoms with Crippen LogP contribution in [-0.4, -0.2) is 42.9 Å². The lowest BCUT2D eigenvalue weighted by atomic mass is 9.71. The fourth-order valence-corrected chi connectivity index (χ4v) is 7.02. The van der Waals surface area contributed by atoms with E-state index in [4.69, 9.17) is 4.98 Å². The number of benzene rings is 1. The van der Waals surface area contributed by atoms with Gasteiger partial charge in [-0.1, -0.05) is 0 Å². The van der Waals surface area contributed by atoms with Crippen molar-refractivity contribution < 1.29 is 18.4 Å². The van der Waals surface area contributed by atoms with Crippen LogP contribution in [0.4, 0.5) is 26.0 Å². The van der Waals surface area contributed by atoms with Crippen LogP contribution in [0, 0.1) is 15.9 Å². The first kappa shape index (κ1) is 25.0. The Morgan fingerprint density at radius 3 is 2.35 bits per heavy atom. The molecule has 0 atom stereocenters. The summed E-state index contributed by atoms with van der Waals surface area (Å²) in [7, 11) is 1.68. The standard InChI is InChI=1S/C28H31F2IN4O2/c1-17-15-21(32-23-22(17)34(2)25(37)27(23)7-9-28(29,30)10-8-27)33-24(36)19-4-3-18(31)16-20(19)35-13-11-26(5-6-26)12-14-35/h3-4,15-16H,5-14H2,1-2H3,(H,32,33,36).